The zero-order valence-corrected chi connectivity index (χ0v) is 12.2. The van der Waals surface area contributed by atoms with E-state index in [0.29, 0.717) is 0 Å². The van der Waals surface area contributed by atoms with E-state index in [1.807, 2.05) is 18.4 Å². The molecule has 92 valence electrons. The van der Waals surface area contributed by atoms with Gasteiger partial charge in [-0.2, -0.15) is 0 Å². The molecule has 0 aromatic carbocycles. The minimum atomic E-state index is 0.280. The third-order valence-corrected chi connectivity index (χ3v) is 4.94. The van der Waals surface area contributed by atoms with E-state index in [1.54, 1.807) is 18.4 Å². The predicted octanol–water partition coefficient (Wildman–Crippen LogP) is 3.74. The molecule has 0 spiro atoms. The fourth-order valence-corrected chi connectivity index (χ4v) is 4.15. The second-order valence-electron chi connectivity index (χ2n) is 4.01. The van der Waals surface area contributed by atoms with Gasteiger partial charge in [0.2, 0.25) is 0 Å². The van der Waals surface area contributed by atoms with E-state index in [1.165, 1.54) is 20.2 Å². The van der Waals surface area contributed by atoms with Crippen LogP contribution in [0.2, 0.25) is 0 Å². The molecule has 0 aliphatic carbocycles. The number of aryl methyl sites for hydroxylation is 2. The summed E-state index contributed by atoms with van der Waals surface area (Å²) in [5.74, 6) is 0.941. The van der Waals surface area contributed by atoms with Crippen LogP contribution >= 0.6 is 22.7 Å². The number of rotatable bonds is 4. The summed E-state index contributed by atoms with van der Waals surface area (Å²) in [4.78, 5) is 4.06. The van der Waals surface area contributed by atoms with Crippen molar-refractivity contribution in [3.8, 4) is 5.75 Å². The summed E-state index contributed by atoms with van der Waals surface area (Å²) in [6, 6.07) is 4.64. The molecule has 0 radical (unpaired) electrons. The van der Waals surface area contributed by atoms with Crippen molar-refractivity contribution in [1.29, 1.82) is 0 Å². The van der Waals surface area contributed by atoms with Crippen LogP contribution in [-0.4, -0.2) is 14.2 Å². The molecule has 0 amide bonds. The summed E-state index contributed by atoms with van der Waals surface area (Å²) in [5.41, 5.74) is 1.36. The number of methoxy groups -OCH3 is 1. The quantitative estimate of drug-likeness (QED) is 0.911. The first-order valence-electron chi connectivity index (χ1n) is 5.52. The van der Waals surface area contributed by atoms with Crippen LogP contribution in [0.5, 0.6) is 5.75 Å². The number of hydrogen-bond acceptors (Lipinski definition) is 4. The van der Waals surface area contributed by atoms with Crippen molar-refractivity contribution in [1.82, 2.24) is 5.32 Å². The Bertz CT molecular complexity index is 501. The van der Waals surface area contributed by atoms with Crippen molar-refractivity contribution in [2.45, 2.75) is 19.9 Å². The molecule has 1 unspecified atom stereocenters. The van der Waals surface area contributed by atoms with Gasteiger partial charge in [-0.15, -0.1) is 22.7 Å². The number of nitrogens with one attached hydrogen (secondary N) is 1. The van der Waals surface area contributed by atoms with Crippen molar-refractivity contribution < 1.29 is 4.74 Å². The third-order valence-electron chi connectivity index (χ3n) is 2.75. The van der Waals surface area contributed by atoms with E-state index in [-0.39, 0.29) is 6.04 Å². The van der Waals surface area contributed by atoms with Crippen LogP contribution in [0.25, 0.3) is 0 Å². The highest BCUT2D eigenvalue weighted by molar-refractivity contribution is 7.13. The lowest BCUT2D eigenvalue weighted by atomic mass is 10.1. The average Bonchev–Trinajstić information content (AvgIpc) is 2.88. The van der Waals surface area contributed by atoms with Crippen molar-refractivity contribution in [3.63, 3.8) is 0 Å². The average molecular weight is 267 g/mol. The van der Waals surface area contributed by atoms with E-state index in [2.05, 4.69) is 36.7 Å². The Morgan fingerprint density at radius 2 is 2.06 bits per heavy atom. The van der Waals surface area contributed by atoms with Crippen LogP contribution in [0.4, 0.5) is 0 Å². The smallest absolute Gasteiger partial charge is 0.129 e. The fraction of sp³-hybridized carbons (Fsp3) is 0.385. The Balaban J connectivity index is 2.36. The molecule has 0 bridgehead atoms. The number of hydrogen-bond donors (Lipinski definition) is 1. The molecule has 2 nitrogen and oxygen atoms in total. The minimum Gasteiger partial charge on any atom is -0.496 e. The first-order valence-corrected chi connectivity index (χ1v) is 7.22. The Hall–Kier alpha value is -0.840. The summed E-state index contributed by atoms with van der Waals surface area (Å²) in [6.07, 6.45) is 0. The van der Waals surface area contributed by atoms with E-state index >= 15 is 0 Å². The minimum absolute atomic E-state index is 0.280. The van der Waals surface area contributed by atoms with Gasteiger partial charge in [-0.1, -0.05) is 0 Å². The van der Waals surface area contributed by atoms with Gasteiger partial charge >= 0.3 is 0 Å². The Morgan fingerprint density at radius 3 is 2.53 bits per heavy atom. The second kappa shape index (κ2) is 5.21. The molecule has 0 saturated carbocycles. The highest BCUT2D eigenvalue weighted by Gasteiger charge is 2.18. The van der Waals surface area contributed by atoms with Crippen molar-refractivity contribution in [2.24, 2.45) is 0 Å². The summed E-state index contributed by atoms with van der Waals surface area (Å²) < 4.78 is 5.25. The normalized spacial score (nSPS) is 12.7. The van der Waals surface area contributed by atoms with E-state index in [9.17, 15) is 0 Å². The standard InChI is InChI=1S/C13H17NOS2/c1-8-5-9(2)17-13(8)12(14-3)11-6-10(15-4)7-16-11/h5-7,12,14H,1-4H3. The van der Waals surface area contributed by atoms with E-state index < -0.39 is 0 Å². The molecular weight excluding hydrogens is 250 g/mol. The molecule has 17 heavy (non-hydrogen) atoms. The Labute approximate surface area is 110 Å². The lowest BCUT2D eigenvalue weighted by molar-refractivity contribution is 0.416. The molecule has 2 rings (SSSR count). The molecular formula is C13H17NOS2. The van der Waals surface area contributed by atoms with Crippen molar-refractivity contribution >= 4 is 22.7 Å². The van der Waals surface area contributed by atoms with Crippen LogP contribution in [0.1, 0.15) is 26.2 Å². The maximum absolute atomic E-state index is 5.25. The van der Waals surface area contributed by atoms with E-state index in [0.717, 1.165) is 5.75 Å². The van der Waals surface area contributed by atoms with Gasteiger partial charge in [-0.3, -0.25) is 0 Å². The summed E-state index contributed by atoms with van der Waals surface area (Å²) in [6.45, 7) is 4.33. The first-order chi connectivity index (χ1) is 8.15. The SMILES string of the molecule is CNC(c1cc(OC)cs1)c1sc(C)cc1C. The van der Waals surface area contributed by atoms with Crippen LogP contribution in [0.3, 0.4) is 0 Å². The van der Waals surface area contributed by atoms with Crippen molar-refractivity contribution in [2.75, 3.05) is 14.2 Å². The summed E-state index contributed by atoms with van der Waals surface area (Å²) in [5, 5.41) is 5.44. The van der Waals surface area contributed by atoms with Gasteiger partial charge in [0.25, 0.3) is 0 Å². The van der Waals surface area contributed by atoms with Gasteiger partial charge in [0.05, 0.1) is 13.2 Å². The first kappa shape index (κ1) is 12.6. The second-order valence-corrected chi connectivity index (χ2v) is 6.25. The maximum Gasteiger partial charge on any atom is 0.129 e. The molecule has 2 heterocycles. The monoisotopic (exact) mass is 267 g/mol. The maximum atomic E-state index is 5.25. The molecule has 0 fully saturated rings. The van der Waals surface area contributed by atoms with Gasteiger partial charge < -0.3 is 10.1 Å². The lowest BCUT2D eigenvalue weighted by Crippen LogP contribution is -2.15. The van der Waals surface area contributed by atoms with Crippen LogP contribution in [0, 0.1) is 13.8 Å². The Morgan fingerprint density at radius 1 is 1.29 bits per heavy atom. The molecule has 0 aliphatic rings. The van der Waals surface area contributed by atoms with Gasteiger partial charge in [0.1, 0.15) is 5.75 Å². The van der Waals surface area contributed by atoms with Gasteiger partial charge in [0, 0.05) is 20.0 Å². The lowest BCUT2D eigenvalue weighted by Gasteiger charge is -2.13. The Kier molecular flexibility index (Phi) is 3.86. The summed E-state index contributed by atoms with van der Waals surface area (Å²) >= 11 is 3.60. The molecule has 2 aromatic rings. The van der Waals surface area contributed by atoms with Gasteiger partial charge in [-0.25, -0.2) is 0 Å². The number of ether oxygens (including phenoxy) is 1. The van der Waals surface area contributed by atoms with Crippen molar-refractivity contribution in [3.05, 3.63) is 37.7 Å². The van der Waals surface area contributed by atoms with Crippen LogP contribution in [-0.2, 0) is 0 Å². The highest BCUT2D eigenvalue weighted by atomic mass is 32.1. The fourth-order valence-electron chi connectivity index (χ4n) is 1.94. The number of thiophene rings is 2. The van der Waals surface area contributed by atoms with E-state index in [4.69, 9.17) is 4.74 Å². The zero-order chi connectivity index (χ0) is 12.4. The molecule has 2 aromatic heterocycles. The van der Waals surface area contributed by atoms with Gasteiger partial charge in [-0.05, 0) is 38.6 Å². The molecule has 1 N–H and O–H groups in total. The predicted molar refractivity (Wildman–Crippen MR) is 75.6 cm³/mol. The zero-order valence-electron chi connectivity index (χ0n) is 10.5. The molecule has 1 atom stereocenters. The summed E-state index contributed by atoms with van der Waals surface area (Å²) in [7, 11) is 3.71. The molecule has 0 saturated heterocycles. The molecule has 0 aliphatic heterocycles. The largest absolute Gasteiger partial charge is 0.496 e. The van der Waals surface area contributed by atoms with Crippen LogP contribution < -0.4 is 10.1 Å². The molecule has 4 heteroatoms. The third kappa shape index (κ3) is 2.54. The topological polar surface area (TPSA) is 21.3 Å². The highest BCUT2D eigenvalue weighted by Crippen LogP contribution is 2.36. The van der Waals surface area contributed by atoms with Gasteiger partial charge in [0.15, 0.2) is 0 Å². The van der Waals surface area contributed by atoms with Crippen LogP contribution in [0.15, 0.2) is 17.5 Å².